The number of sulfone groups is 1. The van der Waals surface area contributed by atoms with E-state index in [9.17, 15) is 13.2 Å². The lowest BCUT2D eigenvalue weighted by atomic mass is 10.1. The molecule has 4 nitrogen and oxygen atoms in total. The average Bonchev–Trinajstić information content (AvgIpc) is 3.12. The van der Waals surface area contributed by atoms with Gasteiger partial charge in [-0.3, -0.25) is 4.79 Å². The van der Waals surface area contributed by atoms with Crippen molar-refractivity contribution in [3.05, 3.63) is 69.6 Å². The van der Waals surface area contributed by atoms with Gasteiger partial charge in [0.25, 0.3) is 5.91 Å². The number of hydrogen-bond donors (Lipinski definition) is 0. The molecule has 0 fully saturated rings. The Kier molecular flexibility index (Phi) is 5.27. The van der Waals surface area contributed by atoms with E-state index in [0.717, 1.165) is 17.0 Å². The second-order valence-corrected chi connectivity index (χ2v) is 10.4. The van der Waals surface area contributed by atoms with Crippen molar-refractivity contribution in [2.24, 2.45) is 0 Å². The molecule has 1 amide bonds. The normalized spacial score (nSPS) is 14.2. The maximum absolute atomic E-state index is 13.2. The minimum absolute atomic E-state index is 0.114. The van der Waals surface area contributed by atoms with Crippen molar-refractivity contribution in [1.29, 1.82) is 0 Å². The van der Waals surface area contributed by atoms with Crippen molar-refractivity contribution >= 4 is 44.4 Å². The van der Waals surface area contributed by atoms with Crippen molar-refractivity contribution in [3.63, 3.8) is 0 Å². The van der Waals surface area contributed by atoms with Crippen LogP contribution in [0.1, 0.15) is 34.6 Å². The molecule has 150 valence electrons. The van der Waals surface area contributed by atoms with Gasteiger partial charge in [0.1, 0.15) is 0 Å². The van der Waals surface area contributed by atoms with Crippen LogP contribution in [0.5, 0.6) is 0 Å². The number of carbonyl (C=O) groups excluding carboxylic acids is 1. The third-order valence-corrected chi connectivity index (χ3v) is 8.24. The topological polar surface area (TPSA) is 54.5 Å². The van der Waals surface area contributed by atoms with Gasteiger partial charge < -0.3 is 4.90 Å². The Hall–Kier alpha value is -2.15. The van der Waals surface area contributed by atoms with Crippen LogP contribution in [0, 0.1) is 0 Å². The highest BCUT2D eigenvalue weighted by Crippen LogP contribution is 2.44. The first-order valence-corrected chi connectivity index (χ1v) is 12.2. The van der Waals surface area contributed by atoms with E-state index in [1.54, 1.807) is 23.1 Å². The molecular formula is C22H20ClNO3S2. The Labute approximate surface area is 179 Å². The molecule has 1 aliphatic rings. The fraction of sp³-hybridized carbons (Fsp3) is 0.227. The van der Waals surface area contributed by atoms with Gasteiger partial charge in [0.15, 0.2) is 9.84 Å². The lowest BCUT2D eigenvalue weighted by Gasteiger charge is -2.20. The third-order valence-electron chi connectivity index (χ3n) is 5.11. The Bertz CT molecular complexity index is 1200. The van der Waals surface area contributed by atoms with Gasteiger partial charge in [0.2, 0.25) is 0 Å². The summed E-state index contributed by atoms with van der Waals surface area (Å²) in [5.74, 6) is -0.236. The highest BCUT2D eigenvalue weighted by Gasteiger charge is 2.32. The van der Waals surface area contributed by atoms with Crippen molar-refractivity contribution in [2.75, 3.05) is 11.4 Å². The molecule has 3 aromatic rings. The van der Waals surface area contributed by atoms with E-state index in [1.807, 2.05) is 31.2 Å². The number of anilines is 1. The van der Waals surface area contributed by atoms with Gasteiger partial charge in [-0.05, 0) is 54.8 Å². The average molecular weight is 446 g/mol. The van der Waals surface area contributed by atoms with Crippen LogP contribution in [0.4, 0.5) is 5.69 Å². The molecule has 0 unspecified atom stereocenters. The third kappa shape index (κ3) is 3.61. The highest BCUT2D eigenvalue weighted by atomic mass is 35.5. The highest BCUT2D eigenvalue weighted by molar-refractivity contribution is 7.91. The molecule has 7 heteroatoms. The zero-order valence-electron chi connectivity index (χ0n) is 16.1. The Morgan fingerprint density at radius 2 is 1.83 bits per heavy atom. The lowest BCUT2D eigenvalue weighted by Crippen LogP contribution is -2.29. The molecule has 0 atom stereocenters. The summed E-state index contributed by atoms with van der Waals surface area (Å²) in [6.45, 7) is 4.55. The molecule has 1 aromatic heterocycles. The zero-order chi connectivity index (χ0) is 20.8. The van der Waals surface area contributed by atoms with Crippen molar-refractivity contribution < 1.29 is 13.2 Å². The summed E-state index contributed by atoms with van der Waals surface area (Å²) in [5.41, 5.74) is 3.34. The molecule has 4 rings (SSSR count). The van der Waals surface area contributed by atoms with E-state index in [0.29, 0.717) is 27.6 Å². The fourth-order valence-corrected chi connectivity index (χ4v) is 6.75. The van der Waals surface area contributed by atoms with E-state index in [-0.39, 0.29) is 16.6 Å². The number of amides is 1. The molecule has 0 saturated heterocycles. The van der Waals surface area contributed by atoms with Crippen LogP contribution < -0.4 is 4.90 Å². The number of thiophene rings is 1. The summed E-state index contributed by atoms with van der Waals surface area (Å²) < 4.78 is 25.4. The summed E-state index contributed by atoms with van der Waals surface area (Å²) in [6, 6.07) is 14.6. The number of halogens is 1. The van der Waals surface area contributed by atoms with Crippen molar-refractivity contribution in [1.82, 2.24) is 0 Å². The van der Waals surface area contributed by atoms with Gasteiger partial charge in [-0.1, -0.05) is 36.7 Å². The fourth-order valence-electron chi connectivity index (χ4n) is 3.58. The van der Waals surface area contributed by atoms with E-state index in [4.69, 9.17) is 11.6 Å². The predicted molar refractivity (Wildman–Crippen MR) is 119 cm³/mol. The Morgan fingerprint density at radius 3 is 2.48 bits per heavy atom. The van der Waals surface area contributed by atoms with Crippen LogP contribution in [0.15, 0.2) is 53.4 Å². The molecule has 2 heterocycles. The van der Waals surface area contributed by atoms with Crippen LogP contribution in [-0.2, 0) is 22.0 Å². The van der Waals surface area contributed by atoms with E-state index in [2.05, 4.69) is 6.92 Å². The van der Waals surface area contributed by atoms with Gasteiger partial charge in [0.05, 0.1) is 15.5 Å². The number of aryl methyl sites for hydroxylation is 1. The second-order valence-electron chi connectivity index (χ2n) is 6.93. The number of hydrogen-bond acceptors (Lipinski definition) is 4. The maximum atomic E-state index is 13.2. The summed E-state index contributed by atoms with van der Waals surface area (Å²) in [5, 5.41) is 0.385. The lowest BCUT2D eigenvalue weighted by molar-refractivity contribution is 0.0992. The number of rotatable bonds is 4. The van der Waals surface area contributed by atoms with Crippen LogP contribution in [0.3, 0.4) is 0 Å². The van der Waals surface area contributed by atoms with Crippen molar-refractivity contribution in [2.45, 2.75) is 30.9 Å². The van der Waals surface area contributed by atoms with Crippen LogP contribution >= 0.6 is 22.9 Å². The predicted octanol–water partition coefficient (Wildman–Crippen LogP) is 5.58. The van der Waals surface area contributed by atoms with Crippen LogP contribution in [-0.4, -0.2) is 20.9 Å². The largest absolute Gasteiger partial charge is 0.308 e. The van der Waals surface area contributed by atoms with Crippen LogP contribution in [0.2, 0.25) is 5.02 Å². The summed E-state index contributed by atoms with van der Waals surface area (Å²) >= 11 is 7.35. The summed E-state index contributed by atoms with van der Waals surface area (Å²) in [7, 11) is -3.48. The molecule has 0 saturated carbocycles. The van der Waals surface area contributed by atoms with Gasteiger partial charge in [0, 0.05) is 27.7 Å². The van der Waals surface area contributed by atoms with Crippen LogP contribution in [0.25, 0.3) is 10.4 Å². The minimum Gasteiger partial charge on any atom is -0.308 e. The molecule has 0 radical (unpaired) electrons. The van der Waals surface area contributed by atoms with E-state index < -0.39 is 9.84 Å². The summed E-state index contributed by atoms with van der Waals surface area (Å²) in [4.78, 5) is 16.6. The first kappa shape index (κ1) is 20.1. The molecule has 0 bridgehead atoms. The monoisotopic (exact) mass is 445 g/mol. The SMILES string of the molecule is CCc1ccc(N(CC)C(=O)c2cc3c(s2)-c2ccc(Cl)cc2S(=O)(=O)C3)cc1. The molecule has 29 heavy (non-hydrogen) atoms. The number of benzene rings is 2. The molecule has 0 aliphatic carbocycles. The van der Waals surface area contributed by atoms with Crippen molar-refractivity contribution in [3.8, 4) is 10.4 Å². The van der Waals surface area contributed by atoms with Gasteiger partial charge in [-0.25, -0.2) is 8.42 Å². The molecule has 0 spiro atoms. The Balaban J connectivity index is 1.74. The van der Waals surface area contributed by atoms with E-state index >= 15 is 0 Å². The van der Waals surface area contributed by atoms with Gasteiger partial charge in [-0.15, -0.1) is 11.3 Å². The Morgan fingerprint density at radius 1 is 1.10 bits per heavy atom. The molecule has 0 N–H and O–H groups in total. The van der Waals surface area contributed by atoms with Gasteiger partial charge in [-0.2, -0.15) is 0 Å². The first-order chi connectivity index (χ1) is 13.8. The summed E-state index contributed by atoms with van der Waals surface area (Å²) in [6.07, 6.45) is 0.940. The second kappa shape index (κ2) is 7.59. The standard InChI is InChI=1S/C22H20ClNO3S2/c1-3-14-5-8-17(9-6-14)24(4-2)22(25)19-11-15-13-29(26,27)20-12-16(23)7-10-18(20)21(15)28-19/h5-12H,3-4,13H2,1-2H3. The van der Waals surface area contributed by atoms with Gasteiger partial charge >= 0.3 is 0 Å². The minimum atomic E-state index is -3.48. The maximum Gasteiger partial charge on any atom is 0.268 e. The first-order valence-electron chi connectivity index (χ1n) is 9.40. The smallest absolute Gasteiger partial charge is 0.268 e. The number of fused-ring (bicyclic) bond motifs is 3. The quantitative estimate of drug-likeness (QED) is 0.526. The molecule has 2 aromatic carbocycles. The molecular weight excluding hydrogens is 426 g/mol. The van der Waals surface area contributed by atoms with E-state index in [1.165, 1.54) is 23.0 Å². The number of carbonyl (C=O) groups is 1. The molecule has 1 aliphatic heterocycles. The zero-order valence-corrected chi connectivity index (χ0v) is 18.5. The number of nitrogens with zero attached hydrogens (tertiary/aromatic N) is 1.